The number of rotatable bonds is 4. The molecule has 0 fully saturated rings. The van der Waals surface area contributed by atoms with Gasteiger partial charge in [-0.1, -0.05) is 0 Å². The minimum Gasteiger partial charge on any atom is -0.467 e. The van der Waals surface area contributed by atoms with Gasteiger partial charge in [0.1, 0.15) is 0 Å². The molecular formula is C11H12BrN3OS. The lowest BCUT2D eigenvalue weighted by Crippen LogP contribution is -2.17. The summed E-state index contributed by atoms with van der Waals surface area (Å²) in [6.45, 7) is 0. The molecule has 0 aliphatic heterocycles. The Morgan fingerprint density at radius 1 is 1.41 bits per heavy atom. The van der Waals surface area contributed by atoms with Crippen LogP contribution in [0.3, 0.4) is 0 Å². The number of aromatic nitrogens is 2. The van der Waals surface area contributed by atoms with Gasteiger partial charge in [0.2, 0.25) is 0 Å². The molecule has 1 N–H and O–H groups in total. The van der Waals surface area contributed by atoms with E-state index in [0.717, 1.165) is 10.0 Å². The van der Waals surface area contributed by atoms with E-state index in [2.05, 4.69) is 31.2 Å². The molecule has 0 aliphatic rings. The van der Waals surface area contributed by atoms with Gasteiger partial charge in [-0.15, -0.1) is 11.3 Å². The van der Waals surface area contributed by atoms with E-state index in [1.165, 1.54) is 4.88 Å². The average Bonchev–Trinajstić information content (AvgIpc) is 2.78. The number of hydrogen-bond donors (Lipinski definition) is 1. The maximum atomic E-state index is 4.95. The Balaban J connectivity index is 2.32. The largest absolute Gasteiger partial charge is 0.467 e. The van der Waals surface area contributed by atoms with Gasteiger partial charge in [0.05, 0.1) is 13.2 Å². The van der Waals surface area contributed by atoms with E-state index < -0.39 is 0 Å². The number of hydrogen-bond acceptors (Lipinski definition) is 5. The van der Waals surface area contributed by atoms with E-state index in [0.29, 0.717) is 6.01 Å². The van der Waals surface area contributed by atoms with Gasteiger partial charge < -0.3 is 10.1 Å². The van der Waals surface area contributed by atoms with Crippen molar-refractivity contribution >= 4 is 27.3 Å². The summed E-state index contributed by atoms with van der Waals surface area (Å²) in [6.07, 6.45) is 3.55. The van der Waals surface area contributed by atoms with Gasteiger partial charge >= 0.3 is 6.01 Å². The van der Waals surface area contributed by atoms with Crippen molar-refractivity contribution in [3.63, 3.8) is 0 Å². The predicted molar refractivity (Wildman–Crippen MR) is 71.5 cm³/mol. The first kappa shape index (κ1) is 12.5. The van der Waals surface area contributed by atoms with Crippen LogP contribution < -0.4 is 10.1 Å². The van der Waals surface area contributed by atoms with E-state index in [1.807, 2.05) is 18.5 Å². The van der Waals surface area contributed by atoms with E-state index in [1.54, 1.807) is 30.8 Å². The maximum Gasteiger partial charge on any atom is 0.316 e. The second-order valence-electron chi connectivity index (χ2n) is 3.36. The number of halogens is 1. The lowest BCUT2D eigenvalue weighted by Gasteiger charge is -2.15. The molecule has 0 spiro atoms. The average molecular weight is 314 g/mol. The first-order valence-corrected chi connectivity index (χ1v) is 6.69. The highest BCUT2D eigenvalue weighted by Gasteiger charge is 2.17. The highest BCUT2D eigenvalue weighted by Crippen LogP contribution is 2.32. The van der Waals surface area contributed by atoms with Gasteiger partial charge in [-0.2, -0.15) is 0 Å². The number of nitrogens with zero attached hydrogens (tertiary/aromatic N) is 2. The Bertz CT molecular complexity index is 486. The normalized spacial score (nSPS) is 12.4. The smallest absolute Gasteiger partial charge is 0.316 e. The molecule has 6 heteroatoms. The molecule has 0 aromatic carbocycles. The molecule has 0 radical (unpaired) electrons. The molecule has 0 saturated heterocycles. The summed E-state index contributed by atoms with van der Waals surface area (Å²) in [5, 5.41) is 5.31. The molecule has 17 heavy (non-hydrogen) atoms. The zero-order chi connectivity index (χ0) is 12.3. The van der Waals surface area contributed by atoms with Crippen LogP contribution in [0.25, 0.3) is 0 Å². The van der Waals surface area contributed by atoms with E-state index >= 15 is 0 Å². The lowest BCUT2D eigenvalue weighted by atomic mass is 10.1. The van der Waals surface area contributed by atoms with Crippen molar-refractivity contribution in [1.82, 2.24) is 15.3 Å². The van der Waals surface area contributed by atoms with Gasteiger partial charge in [0, 0.05) is 27.3 Å². The molecule has 90 valence electrons. The van der Waals surface area contributed by atoms with Gasteiger partial charge in [-0.25, -0.2) is 9.97 Å². The van der Waals surface area contributed by atoms with Crippen LogP contribution in [-0.2, 0) is 0 Å². The molecule has 0 saturated carbocycles. The fourth-order valence-electron chi connectivity index (χ4n) is 1.54. The molecule has 0 amide bonds. The van der Waals surface area contributed by atoms with Gasteiger partial charge in [-0.05, 0) is 34.4 Å². The Morgan fingerprint density at radius 3 is 2.59 bits per heavy atom. The Labute approximate surface area is 112 Å². The summed E-state index contributed by atoms with van der Waals surface area (Å²) in [4.78, 5) is 9.45. The summed E-state index contributed by atoms with van der Waals surface area (Å²) < 4.78 is 6.04. The third-order valence-corrected chi connectivity index (χ3v) is 4.30. The van der Waals surface area contributed by atoms with Crippen LogP contribution in [0.1, 0.15) is 16.5 Å². The van der Waals surface area contributed by atoms with Gasteiger partial charge in [-0.3, -0.25) is 0 Å². The summed E-state index contributed by atoms with van der Waals surface area (Å²) in [5.41, 5.74) is 1.01. The van der Waals surface area contributed by atoms with Crippen LogP contribution >= 0.6 is 27.3 Å². The summed E-state index contributed by atoms with van der Waals surface area (Å²) in [5.74, 6) is 0. The molecule has 2 aromatic heterocycles. The van der Waals surface area contributed by atoms with Crippen molar-refractivity contribution in [2.24, 2.45) is 0 Å². The summed E-state index contributed by atoms with van der Waals surface area (Å²) >= 11 is 5.23. The topological polar surface area (TPSA) is 47.0 Å². The fraction of sp³-hybridized carbons (Fsp3) is 0.273. The first-order valence-electron chi connectivity index (χ1n) is 5.02. The molecule has 2 aromatic rings. The monoisotopic (exact) mass is 313 g/mol. The fourth-order valence-corrected chi connectivity index (χ4v) is 3.28. The van der Waals surface area contributed by atoms with E-state index in [9.17, 15) is 0 Å². The molecule has 1 atom stereocenters. The standard InChI is InChI=1S/C11H12BrN3OS/c1-13-9(10-8(12)3-4-17-10)7-5-14-11(16-2)15-6-7/h3-6,9,13H,1-2H3. The Hall–Kier alpha value is -0.980. The summed E-state index contributed by atoms with van der Waals surface area (Å²) in [6, 6.07) is 2.51. The van der Waals surface area contributed by atoms with Crippen molar-refractivity contribution in [1.29, 1.82) is 0 Å². The number of methoxy groups -OCH3 is 1. The molecule has 2 rings (SSSR count). The van der Waals surface area contributed by atoms with Crippen molar-refractivity contribution in [3.05, 3.63) is 38.8 Å². The first-order chi connectivity index (χ1) is 8.26. The number of thiophene rings is 1. The highest BCUT2D eigenvalue weighted by atomic mass is 79.9. The quantitative estimate of drug-likeness (QED) is 0.942. The van der Waals surface area contributed by atoms with Crippen LogP contribution in [-0.4, -0.2) is 24.1 Å². The third-order valence-electron chi connectivity index (χ3n) is 2.36. The van der Waals surface area contributed by atoms with Gasteiger partial charge in [0.15, 0.2) is 0 Å². The zero-order valence-corrected chi connectivity index (χ0v) is 11.9. The van der Waals surface area contributed by atoms with E-state index in [4.69, 9.17) is 4.74 Å². The van der Waals surface area contributed by atoms with Gasteiger partial charge in [0.25, 0.3) is 0 Å². The van der Waals surface area contributed by atoms with Crippen molar-refractivity contribution in [2.75, 3.05) is 14.2 Å². The Kier molecular flexibility index (Phi) is 4.09. The molecule has 1 unspecified atom stereocenters. The highest BCUT2D eigenvalue weighted by molar-refractivity contribution is 9.10. The Morgan fingerprint density at radius 2 is 2.12 bits per heavy atom. The maximum absolute atomic E-state index is 4.95. The van der Waals surface area contributed by atoms with Crippen LogP contribution in [0.5, 0.6) is 6.01 Å². The molecule has 0 aliphatic carbocycles. The number of ether oxygens (including phenoxy) is 1. The zero-order valence-electron chi connectivity index (χ0n) is 9.48. The summed E-state index contributed by atoms with van der Waals surface area (Å²) in [7, 11) is 3.47. The lowest BCUT2D eigenvalue weighted by molar-refractivity contribution is 0.379. The second kappa shape index (κ2) is 5.57. The van der Waals surface area contributed by atoms with Crippen LogP contribution in [0.15, 0.2) is 28.3 Å². The van der Waals surface area contributed by atoms with Crippen LogP contribution in [0, 0.1) is 0 Å². The molecule has 0 bridgehead atoms. The van der Waals surface area contributed by atoms with Crippen molar-refractivity contribution in [2.45, 2.75) is 6.04 Å². The minimum atomic E-state index is 0.0929. The second-order valence-corrected chi connectivity index (χ2v) is 5.16. The third kappa shape index (κ3) is 2.65. The molecular weight excluding hydrogens is 302 g/mol. The predicted octanol–water partition coefficient (Wildman–Crippen LogP) is 2.62. The van der Waals surface area contributed by atoms with Crippen LogP contribution in [0.2, 0.25) is 0 Å². The SMILES string of the molecule is CNC(c1cnc(OC)nc1)c1sccc1Br. The van der Waals surface area contributed by atoms with Crippen molar-refractivity contribution < 1.29 is 4.74 Å². The molecule has 2 heterocycles. The molecule has 4 nitrogen and oxygen atoms in total. The minimum absolute atomic E-state index is 0.0929. The van der Waals surface area contributed by atoms with Crippen LogP contribution in [0.4, 0.5) is 0 Å². The van der Waals surface area contributed by atoms with E-state index in [-0.39, 0.29) is 6.04 Å². The van der Waals surface area contributed by atoms with Crippen molar-refractivity contribution in [3.8, 4) is 6.01 Å². The number of nitrogens with one attached hydrogen (secondary N) is 1.